The third-order valence-electron chi connectivity index (χ3n) is 3.54. The number of nitrogens with one attached hydrogen (secondary N) is 1. The van der Waals surface area contributed by atoms with Gasteiger partial charge in [0.2, 0.25) is 0 Å². The molecule has 1 atom stereocenters. The van der Waals surface area contributed by atoms with Crippen LogP contribution in [0.25, 0.3) is 0 Å². The lowest BCUT2D eigenvalue weighted by molar-refractivity contribution is 0.0929. The molecule has 0 aliphatic carbocycles. The van der Waals surface area contributed by atoms with E-state index < -0.39 is 0 Å². The fourth-order valence-corrected chi connectivity index (χ4v) is 2.50. The standard InChI is InChI=1S/C15H28N4O/c1-6-19(7-2)14(8-12(3)4)10-16-15(20)13-9-17-18(5)11-13/h9,11-12,14H,6-8,10H2,1-5H3,(H,16,20). The zero-order valence-electron chi connectivity index (χ0n) is 13.4. The van der Waals surface area contributed by atoms with Crippen molar-refractivity contribution >= 4 is 5.91 Å². The summed E-state index contributed by atoms with van der Waals surface area (Å²) >= 11 is 0. The Morgan fingerprint density at radius 3 is 2.50 bits per heavy atom. The molecule has 0 radical (unpaired) electrons. The van der Waals surface area contributed by atoms with Crippen LogP contribution in [-0.4, -0.2) is 46.3 Å². The first-order valence-electron chi connectivity index (χ1n) is 7.48. The number of likely N-dealkylation sites (N-methyl/N-ethyl adjacent to an activating group) is 1. The zero-order chi connectivity index (χ0) is 15.1. The highest BCUT2D eigenvalue weighted by Crippen LogP contribution is 2.11. The molecule has 0 aliphatic heterocycles. The fraction of sp³-hybridized carbons (Fsp3) is 0.733. The van der Waals surface area contributed by atoms with E-state index in [9.17, 15) is 4.79 Å². The largest absolute Gasteiger partial charge is 0.350 e. The summed E-state index contributed by atoms with van der Waals surface area (Å²) in [6, 6.07) is 0.394. The van der Waals surface area contributed by atoms with E-state index in [-0.39, 0.29) is 5.91 Å². The zero-order valence-corrected chi connectivity index (χ0v) is 13.4. The van der Waals surface area contributed by atoms with Gasteiger partial charge in [-0.2, -0.15) is 5.10 Å². The molecular formula is C15H28N4O. The van der Waals surface area contributed by atoms with Gasteiger partial charge in [-0.3, -0.25) is 14.4 Å². The lowest BCUT2D eigenvalue weighted by Gasteiger charge is -2.31. The molecular weight excluding hydrogens is 252 g/mol. The van der Waals surface area contributed by atoms with Crippen LogP contribution in [0.5, 0.6) is 0 Å². The van der Waals surface area contributed by atoms with Crippen molar-refractivity contribution in [2.75, 3.05) is 19.6 Å². The van der Waals surface area contributed by atoms with Crippen LogP contribution in [0, 0.1) is 5.92 Å². The third kappa shape index (κ3) is 4.96. The number of carbonyl (C=O) groups is 1. The maximum Gasteiger partial charge on any atom is 0.254 e. The second-order valence-corrected chi connectivity index (χ2v) is 5.62. The SMILES string of the molecule is CCN(CC)C(CNC(=O)c1cnn(C)c1)CC(C)C. The molecule has 0 spiro atoms. The van der Waals surface area contributed by atoms with Crippen molar-refractivity contribution < 1.29 is 4.79 Å². The van der Waals surface area contributed by atoms with Gasteiger partial charge in [0.15, 0.2) is 0 Å². The van der Waals surface area contributed by atoms with Gasteiger partial charge in [-0.25, -0.2) is 0 Å². The van der Waals surface area contributed by atoms with Gasteiger partial charge >= 0.3 is 0 Å². The first kappa shape index (κ1) is 16.7. The molecule has 5 nitrogen and oxygen atoms in total. The Bertz CT molecular complexity index is 410. The first-order chi connectivity index (χ1) is 9.47. The van der Waals surface area contributed by atoms with E-state index in [4.69, 9.17) is 0 Å². The minimum absolute atomic E-state index is 0.0426. The van der Waals surface area contributed by atoms with Gasteiger partial charge in [0.25, 0.3) is 5.91 Å². The van der Waals surface area contributed by atoms with Gasteiger partial charge in [-0.15, -0.1) is 0 Å². The number of aromatic nitrogens is 2. The van der Waals surface area contributed by atoms with Crippen molar-refractivity contribution in [3.05, 3.63) is 18.0 Å². The number of rotatable bonds is 8. The molecule has 0 saturated heterocycles. The predicted octanol–water partition coefficient (Wildman–Crippen LogP) is 1.91. The molecule has 1 N–H and O–H groups in total. The number of amides is 1. The van der Waals surface area contributed by atoms with E-state index in [1.807, 2.05) is 7.05 Å². The second kappa shape index (κ2) is 8.04. The predicted molar refractivity (Wildman–Crippen MR) is 81.7 cm³/mol. The summed E-state index contributed by atoms with van der Waals surface area (Å²) in [6.07, 6.45) is 4.43. The Morgan fingerprint density at radius 1 is 1.40 bits per heavy atom. The lowest BCUT2D eigenvalue weighted by Crippen LogP contribution is -2.44. The van der Waals surface area contributed by atoms with Crippen molar-refractivity contribution in [2.45, 2.75) is 40.2 Å². The van der Waals surface area contributed by atoms with E-state index in [0.29, 0.717) is 24.1 Å². The summed E-state index contributed by atoms with van der Waals surface area (Å²) in [7, 11) is 1.81. The van der Waals surface area contributed by atoms with E-state index in [1.165, 1.54) is 0 Å². The topological polar surface area (TPSA) is 50.2 Å². The number of hydrogen-bond donors (Lipinski definition) is 1. The highest BCUT2D eigenvalue weighted by molar-refractivity contribution is 5.93. The molecule has 0 fully saturated rings. The van der Waals surface area contributed by atoms with E-state index in [2.05, 4.69) is 43.0 Å². The average Bonchev–Trinajstić information content (AvgIpc) is 2.83. The van der Waals surface area contributed by atoms with Crippen molar-refractivity contribution in [1.29, 1.82) is 0 Å². The highest BCUT2D eigenvalue weighted by atomic mass is 16.1. The molecule has 1 heterocycles. The summed E-state index contributed by atoms with van der Waals surface area (Å²) in [6.45, 7) is 11.5. The van der Waals surface area contributed by atoms with Gasteiger partial charge < -0.3 is 5.32 Å². The molecule has 0 bridgehead atoms. The Balaban J connectivity index is 2.59. The average molecular weight is 280 g/mol. The van der Waals surface area contributed by atoms with Crippen molar-refractivity contribution in [3.8, 4) is 0 Å². The first-order valence-corrected chi connectivity index (χ1v) is 7.48. The fourth-order valence-electron chi connectivity index (χ4n) is 2.50. The molecule has 1 unspecified atom stereocenters. The second-order valence-electron chi connectivity index (χ2n) is 5.62. The van der Waals surface area contributed by atoms with Crippen LogP contribution in [0.3, 0.4) is 0 Å². The molecule has 0 aliphatic rings. The lowest BCUT2D eigenvalue weighted by atomic mass is 10.0. The van der Waals surface area contributed by atoms with Crippen LogP contribution in [0.4, 0.5) is 0 Å². The van der Waals surface area contributed by atoms with Crippen molar-refractivity contribution in [2.24, 2.45) is 13.0 Å². The van der Waals surface area contributed by atoms with Crippen LogP contribution in [0.1, 0.15) is 44.5 Å². The maximum atomic E-state index is 12.1. The molecule has 0 saturated carbocycles. The normalized spacial score (nSPS) is 12.9. The Kier molecular flexibility index (Phi) is 6.71. The minimum atomic E-state index is -0.0426. The maximum absolute atomic E-state index is 12.1. The quantitative estimate of drug-likeness (QED) is 0.791. The third-order valence-corrected chi connectivity index (χ3v) is 3.54. The Hall–Kier alpha value is -1.36. The van der Waals surface area contributed by atoms with Gasteiger partial charge in [0, 0.05) is 25.8 Å². The smallest absolute Gasteiger partial charge is 0.254 e. The van der Waals surface area contributed by atoms with Crippen LogP contribution in [-0.2, 0) is 7.05 Å². The van der Waals surface area contributed by atoms with Crippen LogP contribution >= 0.6 is 0 Å². The number of hydrogen-bond acceptors (Lipinski definition) is 3. The van der Waals surface area contributed by atoms with E-state index in [1.54, 1.807) is 17.1 Å². The molecule has 1 amide bonds. The van der Waals surface area contributed by atoms with Crippen molar-refractivity contribution in [1.82, 2.24) is 20.0 Å². The van der Waals surface area contributed by atoms with Crippen LogP contribution < -0.4 is 5.32 Å². The Labute approximate surface area is 122 Å². The molecule has 1 aromatic rings. The summed E-state index contributed by atoms with van der Waals surface area (Å²) in [5.41, 5.74) is 0.621. The molecule has 1 aromatic heterocycles. The Morgan fingerprint density at radius 2 is 2.05 bits per heavy atom. The molecule has 1 rings (SSSR count). The van der Waals surface area contributed by atoms with Gasteiger partial charge in [0.05, 0.1) is 11.8 Å². The van der Waals surface area contributed by atoms with Crippen LogP contribution in [0.2, 0.25) is 0 Å². The summed E-state index contributed by atoms with van der Waals surface area (Å²) in [5.74, 6) is 0.579. The molecule has 0 aromatic carbocycles. The van der Waals surface area contributed by atoms with E-state index >= 15 is 0 Å². The number of aryl methyl sites for hydroxylation is 1. The van der Waals surface area contributed by atoms with Gasteiger partial charge in [0.1, 0.15) is 0 Å². The van der Waals surface area contributed by atoms with E-state index in [0.717, 1.165) is 19.5 Å². The number of carbonyl (C=O) groups excluding carboxylic acids is 1. The number of nitrogens with zero attached hydrogens (tertiary/aromatic N) is 3. The molecule has 114 valence electrons. The molecule has 5 heteroatoms. The summed E-state index contributed by atoms with van der Waals surface area (Å²) in [4.78, 5) is 14.5. The monoisotopic (exact) mass is 280 g/mol. The summed E-state index contributed by atoms with van der Waals surface area (Å²) < 4.78 is 1.64. The van der Waals surface area contributed by atoms with Gasteiger partial charge in [-0.05, 0) is 25.4 Å². The van der Waals surface area contributed by atoms with Crippen LogP contribution in [0.15, 0.2) is 12.4 Å². The summed E-state index contributed by atoms with van der Waals surface area (Å²) in [5, 5.41) is 7.06. The molecule has 20 heavy (non-hydrogen) atoms. The minimum Gasteiger partial charge on any atom is -0.350 e. The highest BCUT2D eigenvalue weighted by Gasteiger charge is 2.18. The van der Waals surface area contributed by atoms with Gasteiger partial charge in [-0.1, -0.05) is 27.7 Å². The van der Waals surface area contributed by atoms with Crippen molar-refractivity contribution in [3.63, 3.8) is 0 Å².